The van der Waals surface area contributed by atoms with Crippen LogP contribution < -0.4 is 27.0 Å². The Hall–Kier alpha value is -5.53. The van der Waals surface area contributed by atoms with Crippen LogP contribution in [0.1, 0.15) is 67.2 Å². The molecule has 53 heavy (non-hydrogen) atoms. The molecule has 1 aliphatic heterocycles. The Bertz CT molecular complexity index is 1490. The van der Waals surface area contributed by atoms with E-state index in [4.69, 9.17) is 10.5 Å². The van der Waals surface area contributed by atoms with Gasteiger partial charge in [-0.25, -0.2) is 4.79 Å². The summed E-state index contributed by atoms with van der Waals surface area (Å²) in [6.07, 6.45) is 24.3. The van der Waals surface area contributed by atoms with Crippen LogP contribution in [0, 0.1) is 5.92 Å². The average Bonchev–Trinajstić information content (AvgIpc) is 3.08. The SMILES string of the molecule is CCC=CC=CC=CC=CC=CC=CC=CC(=O)N(C)C1C(=O)NC(CC(C)C)C(=O)NC(C)C(=O)NC(C)C(=O)NC(CCC(N)=O)C(=O)OC1C. The number of likely N-dealkylation sites (N-methyl/N-ethyl adjacent to an activating group) is 1. The largest absolute Gasteiger partial charge is 0.458 e. The molecule has 14 heteroatoms. The number of nitrogens with zero attached hydrogens (tertiary/aromatic N) is 1. The molecule has 0 aromatic carbocycles. The Labute approximate surface area is 312 Å². The molecule has 0 bridgehead atoms. The van der Waals surface area contributed by atoms with E-state index in [1.54, 1.807) is 24.3 Å². The number of nitrogens with one attached hydrogen (secondary N) is 4. The van der Waals surface area contributed by atoms with Crippen molar-refractivity contribution in [3.8, 4) is 0 Å². The molecule has 6 atom stereocenters. The van der Waals surface area contributed by atoms with E-state index in [9.17, 15) is 33.6 Å². The molecule has 1 heterocycles. The van der Waals surface area contributed by atoms with E-state index in [1.807, 2.05) is 56.4 Å². The maximum Gasteiger partial charge on any atom is 0.329 e. The molecule has 14 nitrogen and oxygen atoms in total. The molecule has 1 aliphatic rings. The summed E-state index contributed by atoms with van der Waals surface area (Å²) in [7, 11) is 1.34. The number of esters is 1. The van der Waals surface area contributed by atoms with Gasteiger partial charge in [0.25, 0.3) is 0 Å². The second-order valence-corrected chi connectivity index (χ2v) is 12.9. The lowest BCUT2D eigenvalue weighted by molar-refractivity contribution is -0.160. The predicted octanol–water partition coefficient (Wildman–Crippen LogP) is 2.35. The number of carbonyl (C=O) groups is 7. The Morgan fingerprint density at radius 2 is 1.19 bits per heavy atom. The van der Waals surface area contributed by atoms with Crippen molar-refractivity contribution < 1.29 is 38.3 Å². The second kappa shape index (κ2) is 24.6. The van der Waals surface area contributed by atoms with Gasteiger partial charge in [-0.2, -0.15) is 0 Å². The second-order valence-electron chi connectivity index (χ2n) is 12.9. The lowest BCUT2D eigenvalue weighted by Gasteiger charge is -2.33. The molecule has 6 unspecified atom stereocenters. The highest BCUT2D eigenvalue weighted by molar-refractivity contribution is 5.97. The van der Waals surface area contributed by atoms with Gasteiger partial charge in [0.2, 0.25) is 35.4 Å². The minimum atomic E-state index is -1.45. The highest BCUT2D eigenvalue weighted by Gasteiger charge is 2.38. The van der Waals surface area contributed by atoms with Gasteiger partial charge in [-0.05, 0) is 46.0 Å². The third kappa shape index (κ3) is 18.0. The molecule has 290 valence electrons. The van der Waals surface area contributed by atoms with E-state index in [0.717, 1.165) is 11.3 Å². The van der Waals surface area contributed by atoms with E-state index in [2.05, 4.69) is 34.3 Å². The Morgan fingerprint density at radius 1 is 0.717 bits per heavy atom. The van der Waals surface area contributed by atoms with Crippen LogP contribution in [-0.4, -0.2) is 89.7 Å². The first-order valence-electron chi connectivity index (χ1n) is 17.7. The highest BCUT2D eigenvalue weighted by Crippen LogP contribution is 2.14. The normalized spacial score (nSPS) is 24.5. The topological polar surface area (TPSA) is 206 Å². The lowest BCUT2D eigenvalue weighted by Crippen LogP contribution is -2.61. The van der Waals surface area contributed by atoms with Gasteiger partial charge in [-0.3, -0.25) is 28.8 Å². The zero-order chi connectivity index (χ0) is 39.9. The molecule has 0 aromatic heterocycles. The molecule has 1 rings (SSSR count). The molecule has 6 amide bonds. The van der Waals surface area contributed by atoms with Gasteiger partial charge in [0.1, 0.15) is 36.3 Å². The van der Waals surface area contributed by atoms with Crippen molar-refractivity contribution in [3.05, 3.63) is 85.1 Å². The summed E-state index contributed by atoms with van der Waals surface area (Å²) in [6.45, 7) is 9.93. The van der Waals surface area contributed by atoms with E-state index in [0.29, 0.717) is 0 Å². The van der Waals surface area contributed by atoms with Crippen molar-refractivity contribution in [1.82, 2.24) is 26.2 Å². The van der Waals surface area contributed by atoms with Crippen molar-refractivity contribution in [2.24, 2.45) is 11.7 Å². The van der Waals surface area contributed by atoms with E-state index in [-0.39, 0.29) is 25.2 Å². The quantitative estimate of drug-likeness (QED) is 0.101. The maximum absolute atomic E-state index is 13.9. The number of amides is 6. The van der Waals surface area contributed by atoms with Crippen LogP contribution in [0.2, 0.25) is 0 Å². The van der Waals surface area contributed by atoms with Gasteiger partial charge in [-0.1, -0.05) is 99.8 Å². The molecule has 0 radical (unpaired) electrons. The summed E-state index contributed by atoms with van der Waals surface area (Å²) in [5.74, 6) is -5.37. The van der Waals surface area contributed by atoms with E-state index < -0.39 is 77.7 Å². The molecule has 0 aromatic rings. The number of nitrogens with two attached hydrogens (primary N) is 1. The smallest absolute Gasteiger partial charge is 0.329 e. The van der Waals surface area contributed by atoms with Gasteiger partial charge < -0.3 is 36.6 Å². The van der Waals surface area contributed by atoms with Crippen molar-refractivity contribution >= 4 is 41.4 Å². The Kier molecular flexibility index (Phi) is 21.1. The molecule has 1 fully saturated rings. The molecule has 0 saturated carbocycles. The number of rotatable bonds is 14. The van der Waals surface area contributed by atoms with Crippen molar-refractivity contribution in [3.63, 3.8) is 0 Å². The van der Waals surface area contributed by atoms with Crippen molar-refractivity contribution in [2.75, 3.05) is 7.05 Å². The number of allylic oxidation sites excluding steroid dienone is 13. The predicted molar refractivity (Wildman–Crippen MR) is 203 cm³/mol. The standard InChI is InChI=1S/C39H56N6O8/c1-8-9-10-11-12-13-14-15-16-17-18-19-20-21-22-33(47)45(7)34-29(6)53-39(52)30(23-24-32(40)46)43-36(49)28(5)41-35(48)27(4)42-37(50)31(25-26(2)3)44-38(34)51/h9-22,26-31,34H,8,23-25H2,1-7H3,(H2,40,46)(H,41,48)(H,42,50)(H,43,49)(H,44,51). The summed E-state index contributed by atoms with van der Waals surface area (Å²) in [5, 5.41) is 10.2. The monoisotopic (exact) mass is 736 g/mol. The number of cyclic esters (lactones) is 1. The van der Waals surface area contributed by atoms with Crippen molar-refractivity contribution in [1.29, 1.82) is 0 Å². The summed E-state index contributed by atoms with van der Waals surface area (Å²) < 4.78 is 5.63. The van der Waals surface area contributed by atoms with Gasteiger partial charge in [0, 0.05) is 19.5 Å². The Balaban J connectivity index is 3.36. The van der Waals surface area contributed by atoms with Crippen LogP contribution in [0.5, 0.6) is 0 Å². The van der Waals surface area contributed by atoms with Crippen LogP contribution in [0.15, 0.2) is 85.1 Å². The summed E-state index contributed by atoms with van der Waals surface area (Å²) in [4.78, 5) is 92.4. The summed E-state index contributed by atoms with van der Waals surface area (Å²) >= 11 is 0. The fourth-order valence-corrected chi connectivity index (χ4v) is 4.86. The van der Waals surface area contributed by atoms with Crippen LogP contribution in [0.25, 0.3) is 0 Å². The van der Waals surface area contributed by atoms with Crippen LogP contribution >= 0.6 is 0 Å². The highest BCUT2D eigenvalue weighted by atomic mass is 16.5. The average molecular weight is 737 g/mol. The number of ether oxygens (including phenoxy) is 1. The number of hydrogen-bond acceptors (Lipinski definition) is 8. The van der Waals surface area contributed by atoms with Gasteiger partial charge in [0.15, 0.2) is 0 Å². The van der Waals surface area contributed by atoms with Crippen LogP contribution in [0.4, 0.5) is 0 Å². The fourth-order valence-electron chi connectivity index (χ4n) is 4.86. The number of primary amides is 1. The molecular weight excluding hydrogens is 680 g/mol. The van der Waals surface area contributed by atoms with Crippen LogP contribution in [0.3, 0.4) is 0 Å². The molecule has 1 saturated heterocycles. The van der Waals surface area contributed by atoms with E-state index in [1.165, 1.54) is 40.0 Å². The molecule has 0 aliphatic carbocycles. The molecular formula is C39H56N6O8. The zero-order valence-corrected chi connectivity index (χ0v) is 31.7. The third-order valence-electron chi connectivity index (χ3n) is 7.74. The maximum atomic E-state index is 13.9. The first kappa shape index (κ1) is 45.5. The number of carbonyl (C=O) groups excluding carboxylic acids is 7. The van der Waals surface area contributed by atoms with Gasteiger partial charge in [-0.15, -0.1) is 0 Å². The fraction of sp³-hybridized carbons (Fsp3) is 0.462. The van der Waals surface area contributed by atoms with Gasteiger partial charge in [0.05, 0.1) is 0 Å². The molecule has 6 N–H and O–H groups in total. The Morgan fingerprint density at radius 3 is 1.70 bits per heavy atom. The van der Waals surface area contributed by atoms with E-state index >= 15 is 0 Å². The van der Waals surface area contributed by atoms with Crippen LogP contribution in [-0.2, 0) is 38.3 Å². The third-order valence-corrected chi connectivity index (χ3v) is 7.74. The molecule has 0 spiro atoms. The lowest BCUT2D eigenvalue weighted by atomic mass is 10.0. The number of hydrogen-bond donors (Lipinski definition) is 5. The zero-order valence-electron chi connectivity index (χ0n) is 31.7. The minimum absolute atomic E-state index is 0.0746. The minimum Gasteiger partial charge on any atom is -0.458 e. The summed E-state index contributed by atoms with van der Waals surface area (Å²) in [6, 6.07) is -6.20. The first-order chi connectivity index (χ1) is 25.1. The first-order valence-corrected chi connectivity index (χ1v) is 17.7. The van der Waals surface area contributed by atoms with Gasteiger partial charge >= 0.3 is 5.97 Å². The summed E-state index contributed by atoms with van der Waals surface area (Å²) in [5.41, 5.74) is 5.29. The van der Waals surface area contributed by atoms with Crippen molar-refractivity contribution in [2.45, 2.75) is 104 Å².